The van der Waals surface area contributed by atoms with E-state index < -0.39 is 22.6 Å². The van der Waals surface area contributed by atoms with Crippen LogP contribution in [0.25, 0.3) is 0 Å². The number of sulfonamides is 1. The van der Waals surface area contributed by atoms with Crippen LogP contribution in [0.2, 0.25) is 0 Å². The SMILES string of the molecule is Cc1ccc(NS(=O)(=O)c2ccc(C)c(OCC(=O)O)c2C)cc1Br. The third-order valence-electron chi connectivity index (χ3n) is 3.61. The Morgan fingerprint density at radius 1 is 1.16 bits per heavy atom. The molecule has 0 atom stereocenters. The van der Waals surface area contributed by atoms with Crippen LogP contribution in [0.3, 0.4) is 0 Å². The van der Waals surface area contributed by atoms with E-state index in [1.165, 1.54) is 6.07 Å². The number of benzene rings is 2. The molecule has 6 nitrogen and oxygen atoms in total. The number of aliphatic carboxylic acids is 1. The fraction of sp³-hybridized carbons (Fsp3) is 0.235. The molecule has 0 saturated heterocycles. The zero-order valence-corrected chi connectivity index (χ0v) is 16.4. The molecule has 134 valence electrons. The topological polar surface area (TPSA) is 92.7 Å². The molecule has 2 aromatic carbocycles. The van der Waals surface area contributed by atoms with Gasteiger partial charge in [0.25, 0.3) is 10.0 Å². The van der Waals surface area contributed by atoms with E-state index in [-0.39, 0.29) is 10.6 Å². The average molecular weight is 428 g/mol. The minimum Gasteiger partial charge on any atom is -0.481 e. The summed E-state index contributed by atoms with van der Waals surface area (Å²) in [6, 6.07) is 8.21. The number of hydrogen-bond donors (Lipinski definition) is 2. The number of carbonyl (C=O) groups is 1. The second kappa shape index (κ2) is 7.45. The highest BCUT2D eigenvalue weighted by Gasteiger charge is 2.21. The summed E-state index contributed by atoms with van der Waals surface area (Å²) < 4.78 is 34.0. The molecule has 0 amide bonds. The number of carboxylic acids is 1. The summed E-state index contributed by atoms with van der Waals surface area (Å²) in [5.41, 5.74) is 2.43. The van der Waals surface area contributed by atoms with Gasteiger partial charge in [-0.1, -0.05) is 28.1 Å². The largest absolute Gasteiger partial charge is 0.481 e. The molecule has 0 heterocycles. The molecular formula is C17H18BrNO5S. The van der Waals surface area contributed by atoms with E-state index in [2.05, 4.69) is 20.7 Å². The van der Waals surface area contributed by atoms with Gasteiger partial charge < -0.3 is 9.84 Å². The smallest absolute Gasteiger partial charge is 0.341 e. The number of nitrogens with one attached hydrogen (secondary N) is 1. The maximum atomic E-state index is 12.7. The minimum absolute atomic E-state index is 0.0372. The Bertz CT molecular complexity index is 925. The molecule has 2 aromatic rings. The van der Waals surface area contributed by atoms with Crippen LogP contribution in [0.5, 0.6) is 5.75 Å². The summed E-state index contributed by atoms with van der Waals surface area (Å²) in [6.45, 7) is 4.68. The van der Waals surface area contributed by atoms with E-state index in [1.54, 1.807) is 38.1 Å². The molecule has 8 heteroatoms. The molecule has 0 radical (unpaired) electrons. The highest BCUT2D eigenvalue weighted by Crippen LogP contribution is 2.30. The molecule has 0 spiro atoms. The van der Waals surface area contributed by atoms with Crippen molar-refractivity contribution in [2.75, 3.05) is 11.3 Å². The third kappa shape index (κ3) is 4.52. The van der Waals surface area contributed by atoms with Gasteiger partial charge in [-0.05, 0) is 50.1 Å². The fourth-order valence-corrected chi connectivity index (χ4v) is 3.99. The summed E-state index contributed by atoms with van der Waals surface area (Å²) in [5.74, 6) is -0.870. The van der Waals surface area contributed by atoms with E-state index in [9.17, 15) is 13.2 Å². The first kappa shape index (κ1) is 19.3. The van der Waals surface area contributed by atoms with Crippen LogP contribution in [-0.4, -0.2) is 26.1 Å². The number of ether oxygens (including phenoxy) is 1. The second-order valence-corrected chi connectivity index (χ2v) is 8.09. The number of anilines is 1. The first-order valence-electron chi connectivity index (χ1n) is 7.35. The highest BCUT2D eigenvalue weighted by molar-refractivity contribution is 9.10. The Hall–Kier alpha value is -2.06. The molecule has 0 fully saturated rings. The summed E-state index contributed by atoms with van der Waals surface area (Å²) in [4.78, 5) is 10.8. The Kier molecular flexibility index (Phi) is 5.74. The lowest BCUT2D eigenvalue weighted by Gasteiger charge is -2.16. The van der Waals surface area contributed by atoms with Gasteiger partial charge in [-0.25, -0.2) is 13.2 Å². The lowest BCUT2D eigenvalue weighted by molar-refractivity contribution is -0.139. The minimum atomic E-state index is -3.85. The molecule has 0 aliphatic carbocycles. The molecule has 2 rings (SSSR count). The van der Waals surface area contributed by atoms with E-state index in [1.807, 2.05) is 6.92 Å². The number of hydrogen-bond acceptors (Lipinski definition) is 4. The van der Waals surface area contributed by atoms with Crippen LogP contribution < -0.4 is 9.46 Å². The Balaban J connectivity index is 2.40. The van der Waals surface area contributed by atoms with Gasteiger partial charge in [-0.3, -0.25) is 4.72 Å². The lowest BCUT2D eigenvalue weighted by Crippen LogP contribution is -2.16. The van der Waals surface area contributed by atoms with Crippen molar-refractivity contribution in [1.82, 2.24) is 0 Å². The van der Waals surface area contributed by atoms with E-state index in [0.29, 0.717) is 16.8 Å². The van der Waals surface area contributed by atoms with Gasteiger partial charge in [0.1, 0.15) is 5.75 Å². The standard InChI is InChI=1S/C17H18BrNO5S/c1-10-4-6-13(8-14(10)18)19-25(22,23)15-7-5-11(2)17(12(15)3)24-9-16(20)21/h4-8,19H,9H2,1-3H3,(H,20,21). The van der Waals surface area contributed by atoms with Gasteiger partial charge in [0.15, 0.2) is 6.61 Å². The van der Waals surface area contributed by atoms with Crippen LogP contribution in [0, 0.1) is 20.8 Å². The molecule has 0 bridgehead atoms. The molecule has 0 aliphatic rings. The average Bonchev–Trinajstić information content (AvgIpc) is 2.50. The summed E-state index contributed by atoms with van der Waals surface area (Å²) in [5, 5.41) is 8.77. The highest BCUT2D eigenvalue weighted by atomic mass is 79.9. The maximum absolute atomic E-state index is 12.7. The molecule has 0 saturated carbocycles. The number of rotatable bonds is 6. The predicted molar refractivity (Wildman–Crippen MR) is 98.7 cm³/mol. The van der Waals surface area contributed by atoms with Crippen molar-refractivity contribution in [3.8, 4) is 5.75 Å². The van der Waals surface area contributed by atoms with Gasteiger partial charge in [0, 0.05) is 15.7 Å². The van der Waals surface area contributed by atoms with Crippen molar-refractivity contribution >= 4 is 37.6 Å². The van der Waals surface area contributed by atoms with E-state index in [4.69, 9.17) is 9.84 Å². The Morgan fingerprint density at radius 3 is 2.40 bits per heavy atom. The van der Waals surface area contributed by atoms with Crippen molar-refractivity contribution in [1.29, 1.82) is 0 Å². The lowest BCUT2D eigenvalue weighted by atomic mass is 10.1. The number of carboxylic acid groups (broad SMARTS) is 1. The van der Waals surface area contributed by atoms with Crippen molar-refractivity contribution in [3.05, 3.63) is 51.5 Å². The van der Waals surface area contributed by atoms with Gasteiger partial charge in [0.05, 0.1) is 4.90 Å². The van der Waals surface area contributed by atoms with Crippen LogP contribution >= 0.6 is 15.9 Å². The van der Waals surface area contributed by atoms with Crippen molar-refractivity contribution in [2.24, 2.45) is 0 Å². The van der Waals surface area contributed by atoms with E-state index in [0.717, 1.165) is 10.0 Å². The quantitative estimate of drug-likeness (QED) is 0.733. The van der Waals surface area contributed by atoms with Gasteiger partial charge >= 0.3 is 5.97 Å². The van der Waals surface area contributed by atoms with Crippen LogP contribution in [0.1, 0.15) is 16.7 Å². The monoisotopic (exact) mass is 427 g/mol. The first-order valence-corrected chi connectivity index (χ1v) is 9.63. The van der Waals surface area contributed by atoms with Crippen molar-refractivity contribution < 1.29 is 23.1 Å². The number of aryl methyl sites for hydroxylation is 2. The Labute approximate surface area is 155 Å². The summed E-state index contributed by atoms with van der Waals surface area (Å²) >= 11 is 3.37. The molecule has 25 heavy (non-hydrogen) atoms. The summed E-state index contributed by atoms with van der Waals surface area (Å²) in [7, 11) is -3.85. The third-order valence-corrected chi connectivity index (χ3v) is 5.99. The van der Waals surface area contributed by atoms with Crippen LogP contribution in [0.4, 0.5) is 5.69 Å². The molecule has 2 N–H and O–H groups in total. The Morgan fingerprint density at radius 2 is 1.80 bits per heavy atom. The van der Waals surface area contributed by atoms with Gasteiger partial charge in [-0.15, -0.1) is 0 Å². The fourth-order valence-electron chi connectivity index (χ4n) is 2.32. The predicted octanol–water partition coefficient (Wildman–Crippen LogP) is 3.64. The molecule has 0 aromatic heterocycles. The van der Waals surface area contributed by atoms with Crippen LogP contribution in [0.15, 0.2) is 39.7 Å². The molecule has 0 aliphatic heterocycles. The maximum Gasteiger partial charge on any atom is 0.341 e. The van der Waals surface area contributed by atoms with Gasteiger partial charge in [-0.2, -0.15) is 0 Å². The normalized spacial score (nSPS) is 11.2. The molecular weight excluding hydrogens is 410 g/mol. The second-order valence-electron chi connectivity index (χ2n) is 5.59. The van der Waals surface area contributed by atoms with Crippen molar-refractivity contribution in [2.45, 2.75) is 25.7 Å². The van der Waals surface area contributed by atoms with Crippen LogP contribution in [-0.2, 0) is 14.8 Å². The number of halogens is 1. The van der Waals surface area contributed by atoms with E-state index >= 15 is 0 Å². The van der Waals surface area contributed by atoms with Gasteiger partial charge in [0.2, 0.25) is 0 Å². The molecule has 0 unspecified atom stereocenters. The first-order chi connectivity index (χ1) is 11.6. The summed E-state index contributed by atoms with van der Waals surface area (Å²) in [6.07, 6.45) is 0. The zero-order chi connectivity index (χ0) is 18.8. The van der Waals surface area contributed by atoms with Crippen molar-refractivity contribution in [3.63, 3.8) is 0 Å². The zero-order valence-electron chi connectivity index (χ0n) is 14.0.